The van der Waals surface area contributed by atoms with Crippen molar-refractivity contribution in [2.75, 3.05) is 18.5 Å². The van der Waals surface area contributed by atoms with Crippen molar-refractivity contribution in [1.29, 1.82) is 0 Å². The first-order valence-electron chi connectivity index (χ1n) is 4.46. The van der Waals surface area contributed by atoms with Crippen LogP contribution in [0.15, 0.2) is 6.20 Å². The Balaban J connectivity index is 2.72. The van der Waals surface area contributed by atoms with Crippen molar-refractivity contribution in [2.24, 2.45) is 0 Å². The van der Waals surface area contributed by atoms with Crippen molar-refractivity contribution >= 4 is 5.95 Å². The lowest BCUT2D eigenvalue weighted by Crippen LogP contribution is -2.28. The summed E-state index contributed by atoms with van der Waals surface area (Å²) in [6, 6.07) is -0.405. The van der Waals surface area contributed by atoms with Crippen molar-refractivity contribution in [2.45, 2.75) is 19.9 Å². The Kier molecular flexibility index (Phi) is 3.79. The fraction of sp³-hybridized carbons (Fsp3) is 0.556. The highest BCUT2D eigenvalue weighted by molar-refractivity contribution is 5.29. The summed E-state index contributed by atoms with van der Waals surface area (Å²) in [5.74, 6) is 0.432. The van der Waals surface area contributed by atoms with Crippen LogP contribution in [0.25, 0.3) is 0 Å². The Morgan fingerprint density at radius 3 is 2.50 bits per heavy atom. The zero-order valence-electron chi connectivity index (χ0n) is 8.36. The fourth-order valence-corrected chi connectivity index (χ4v) is 0.928. The molecule has 0 aliphatic carbocycles. The minimum absolute atomic E-state index is 0.146. The smallest absolute Gasteiger partial charge is 0.223 e. The van der Waals surface area contributed by atoms with Crippen LogP contribution in [0.2, 0.25) is 0 Å². The van der Waals surface area contributed by atoms with E-state index in [1.54, 1.807) is 6.20 Å². The van der Waals surface area contributed by atoms with Gasteiger partial charge < -0.3 is 15.5 Å². The van der Waals surface area contributed by atoms with Gasteiger partial charge in [0.05, 0.1) is 19.3 Å². The fourth-order valence-electron chi connectivity index (χ4n) is 0.928. The number of hydrogen-bond donors (Lipinski definition) is 3. The van der Waals surface area contributed by atoms with Crippen LogP contribution in [0.3, 0.4) is 0 Å². The van der Waals surface area contributed by atoms with Crippen LogP contribution in [0.5, 0.6) is 0 Å². The van der Waals surface area contributed by atoms with Crippen LogP contribution < -0.4 is 5.32 Å². The van der Waals surface area contributed by atoms with Gasteiger partial charge in [-0.1, -0.05) is 0 Å². The molecule has 0 saturated carbocycles. The number of rotatable bonds is 4. The molecule has 1 aromatic rings. The second-order valence-electron chi connectivity index (χ2n) is 3.17. The predicted octanol–water partition coefficient (Wildman–Crippen LogP) is -0.141. The molecule has 0 fully saturated rings. The third-order valence-corrected chi connectivity index (χ3v) is 2.00. The van der Waals surface area contributed by atoms with Crippen LogP contribution in [-0.2, 0) is 0 Å². The highest BCUT2D eigenvalue weighted by atomic mass is 16.3. The van der Waals surface area contributed by atoms with E-state index < -0.39 is 6.04 Å². The molecule has 0 spiro atoms. The normalized spacial score (nSPS) is 10.6. The molecule has 14 heavy (non-hydrogen) atoms. The van der Waals surface area contributed by atoms with Gasteiger partial charge in [-0.05, 0) is 19.4 Å². The summed E-state index contributed by atoms with van der Waals surface area (Å²) < 4.78 is 0. The summed E-state index contributed by atoms with van der Waals surface area (Å²) in [5, 5.41) is 20.5. The van der Waals surface area contributed by atoms with Gasteiger partial charge in [-0.25, -0.2) is 9.97 Å². The van der Waals surface area contributed by atoms with Crippen molar-refractivity contribution < 1.29 is 10.2 Å². The van der Waals surface area contributed by atoms with Gasteiger partial charge in [0.15, 0.2) is 0 Å². The number of nitrogens with zero attached hydrogens (tertiary/aromatic N) is 2. The molecule has 1 rings (SSSR count). The Morgan fingerprint density at radius 2 is 2.00 bits per heavy atom. The summed E-state index contributed by atoms with van der Waals surface area (Å²) >= 11 is 0. The number of hydrogen-bond acceptors (Lipinski definition) is 5. The largest absolute Gasteiger partial charge is 0.394 e. The number of aromatic nitrogens is 2. The average molecular weight is 197 g/mol. The lowest BCUT2D eigenvalue weighted by atomic mass is 10.3. The van der Waals surface area contributed by atoms with Gasteiger partial charge >= 0.3 is 0 Å². The van der Waals surface area contributed by atoms with Crippen LogP contribution in [0.4, 0.5) is 5.95 Å². The summed E-state index contributed by atoms with van der Waals surface area (Å²) in [6.45, 7) is 3.52. The molecule has 3 N–H and O–H groups in total. The van der Waals surface area contributed by atoms with E-state index in [0.717, 1.165) is 11.3 Å². The number of nitrogens with one attached hydrogen (secondary N) is 1. The molecule has 0 aromatic carbocycles. The molecular formula is C9H15N3O2. The molecule has 0 bridgehead atoms. The van der Waals surface area contributed by atoms with Gasteiger partial charge in [0.25, 0.3) is 0 Å². The van der Waals surface area contributed by atoms with E-state index in [0.29, 0.717) is 5.95 Å². The number of aryl methyl sites for hydroxylation is 2. The highest BCUT2D eigenvalue weighted by Crippen LogP contribution is 2.05. The van der Waals surface area contributed by atoms with E-state index in [1.165, 1.54) is 0 Å². The Bertz CT molecular complexity index is 300. The van der Waals surface area contributed by atoms with E-state index in [4.69, 9.17) is 10.2 Å². The minimum atomic E-state index is -0.405. The molecular weight excluding hydrogens is 182 g/mol. The van der Waals surface area contributed by atoms with Crippen molar-refractivity contribution in [3.05, 3.63) is 17.5 Å². The van der Waals surface area contributed by atoms with E-state index in [-0.39, 0.29) is 13.2 Å². The first-order valence-corrected chi connectivity index (χ1v) is 4.46. The maximum atomic E-state index is 8.83. The second kappa shape index (κ2) is 4.88. The molecule has 0 unspecified atom stereocenters. The Morgan fingerprint density at radius 1 is 1.36 bits per heavy atom. The van der Waals surface area contributed by atoms with Gasteiger partial charge in [0, 0.05) is 11.9 Å². The zero-order valence-corrected chi connectivity index (χ0v) is 8.36. The van der Waals surface area contributed by atoms with Gasteiger partial charge in [0.1, 0.15) is 0 Å². The van der Waals surface area contributed by atoms with E-state index in [1.807, 2.05) is 13.8 Å². The maximum absolute atomic E-state index is 8.83. The summed E-state index contributed by atoms with van der Waals surface area (Å²) in [7, 11) is 0. The Labute approximate surface area is 82.8 Å². The number of aliphatic hydroxyl groups is 2. The highest BCUT2D eigenvalue weighted by Gasteiger charge is 2.07. The minimum Gasteiger partial charge on any atom is -0.394 e. The van der Waals surface area contributed by atoms with Gasteiger partial charge in [0.2, 0.25) is 5.95 Å². The monoisotopic (exact) mass is 197 g/mol. The van der Waals surface area contributed by atoms with Crippen LogP contribution in [0, 0.1) is 13.8 Å². The third-order valence-electron chi connectivity index (χ3n) is 2.00. The van der Waals surface area contributed by atoms with Crippen LogP contribution in [-0.4, -0.2) is 39.4 Å². The molecule has 5 nitrogen and oxygen atoms in total. The van der Waals surface area contributed by atoms with Crippen molar-refractivity contribution in [3.63, 3.8) is 0 Å². The Hall–Kier alpha value is -1.20. The molecule has 0 aliphatic rings. The number of anilines is 1. The van der Waals surface area contributed by atoms with E-state index in [9.17, 15) is 0 Å². The molecule has 0 radical (unpaired) electrons. The molecule has 0 atom stereocenters. The van der Waals surface area contributed by atoms with Crippen LogP contribution >= 0.6 is 0 Å². The first kappa shape index (κ1) is 10.9. The standard InChI is InChI=1S/C9H15N3O2/c1-6-3-10-9(11-7(6)2)12-8(4-13)5-14/h3,8,13-14H,4-5H2,1-2H3,(H,10,11,12). The molecule has 1 heterocycles. The summed E-state index contributed by atoms with van der Waals surface area (Å²) in [5.41, 5.74) is 1.90. The molecule has 0 amide bonds. The SMILES string of the molecule is Cc1cnc(NC(CO)CO)nc1C. The van der Waals surface area contributed by atoms with E-state index in [2.05, 4.69) is 15.3 Å². The molecule has 5 heteroatoms. The maximum Gasteiger partial charge on any atom is 0.223 e. The summed E-state index contributed by atoms with van der Waals surface area (Å²) in [4.78, 5) is 8.19. The average Bonchev–Trinajstić information content (AvgIpc) is 2.19. The van der Waals surface area contributed by atoms with Gasteiger partial charge in [-0.15, -0.1) is 0 Å². The molecule has 0 aliphatic heterocycles. The summed E-state index contributed by atoms with van der Waals surface area (Å²) in [6.07, 6.45) is 1.70. The van der Waals surface area contributed by atoms with Crippen molar-refractivity contribution in [3.8, 4) is 0 Å². The molecule has 1 aromatic heterocycles. The van der Waals surface area contributed by atoms with Gasteiger partial charge in [-0.2, -0.15) is 0 Å². The zero-order chi connectivity index (χ0) is 10.6. The molecule has 0 saturated heterocycles. The molecule has 78 valence electrons. The predicted molar refractivity (Wildman–Crippen MR) is 53.1 cm³/mol. The lowest BCUT2D eigenvalue weighted by Gasteiger charge is -2.13. The quantitative estimate of drug-likeness (QED) is 0.626. The topological polar surface area (TPSA) is 78.3 Å². The second-order valence-corrected chi connectivity index (χ2v) is 3.17. The van der Waals surface area contributed by atoms with E-state index >= 15 is 0 Å². The van der Waals surface area contributed by atoms with Crippen molar-refractivity contribution in [1.82, 2.24) is 9.97 Å². The lowest BCUT2D eigenvalue weighted by molar-refractivity contribution is 0.203. The third kappa shape index (κ3) is 2.65. The number of aliphatic hydroxyl groups excluding tert-OH is 2. The first-order chi connectivity index (χ1) is 6.67. The van der Waals surface area contributed by atoms with Gasteiger partial charge in [-0.3, -0.25) is 0 Å². The van der Waals surface area contributed by atoms with Crippen LogP contribution in [0.1, 0.15) is 11.3 Å².